The first-order chi connectivity index (χ1) is 14.0. The van der Waals surface area contributed by atoms with E-state index >= 15 is 0 Å². The first kappa shape index (κ1) is 19.4. The third kappa shape index (κ3) is 4.26. The highest BCUT2D eigenvalue weighted by Crippen LogP contribution is 2.19. The molecule has 4 aromatic rings. The first-order valence-corrected chi connectivity index (χ1v) is 10.4. The van der Waals surface area contributed by atoms with Gasteiger partial charge in [-0.15, -0.1) is 11.3 Å². The van der Waals surface area contributed by atoms with Crippen molar-refractivity contribution < 1.29 is 4.79 Å². The maximum atomic E-state index is 12.6. The monoisotopic (exact) mass is 425 g/mol. The van der Waals surface area contributed by atoms with E-state index < -0.39 is 0 Å². The fourth-order valence-corrected chi connectivity index (χ4v) is 4.17. The van der Waals surface area contributed by atoms with Gasteiger partial charge in [-0.2, -0.15) is 10.2 Å². The summed E-state index contributed by atoms with van der Waals surface area (Å²) in [6.07, 6.45) is 3.36. The van der Waals surface area contributed by atoms with Crippen LogP contribution >= 0.6 is 22.9 Å². The SMILES string of the molecule is Cc1nn(-c2ccccc2)c(C)c1CNC(=O)c1cc(Cn2cc(Cl)cn2)cs1. The molecule has 0 aliphatic carbocycles. The van der Waals surface area contributed by atoms with Crippen molar-refractivity contribution in [2.75, 3.05) is 0 Å². The normalized spacial score (nSPS) is 11.0. The summed E-state index contributed by atoms with van der Waals surface area (Å²) in [6, 6.07) is 11.9. The molecule has 0 aliphatic heterocycles. The van der Waals surface area contributed by atoms with E-state index in [1.54, 1.807) is 17.1 Å². The maximum absolute atomic E-state index is 12.6. The van der Waals surface area contributed by atoms with Crippen LogP contribution in [-0.2, 0) is 13.1 Å². The average molecular weight is 426 g/mol. The van der Waals surface area contributed by atoms with Gasteiger partial charge in [0, 0.05) is 24.0 Å². The summed E-state index contributed by atoms with van der Waals surface area (Å²) in [5.41, 5.74) is 4.99. The van der Waals surface area contributed by atoms with Crippen LogP contribution in [0.25, 0.3) is 5.69 Å². The molecule has 0 aliphatic rings. The quantitative estimate of drug-likeness (QED) is 0.498. The van der Waals surface area contributed by atoms with Gasteiger partial charge in [-0.05, 0) is 43.0 Å². The predicted molar refractivity (Wildman–Crippen MR) is 115 cm³/mol. The Hall–Kier alpha value is -2.90. The Morgan fingerprint density at radius 1 is 1.24 bits per heavy atom. The molecule has 0 radical (unpaired) electrons. The van der Waals surface area contributed by atoms with E-state index in [4.69, 9.17) is 11.6 Å². The molecule has 0 fully saturated rings. The van der Waals surface area contributed by atoms with Crippen molar-refractivity contribution in [2.24, 2.45) is 0 Å². The number of amides is 1. The number of nitrogens with zero attached hydrogens (tertiary/aromatic N) is 4. The van der Waals surface area contributed by atoms with Crippen LogP contribution in [0, 0.1) is 13.8 Å². The minimum absolute atomic E-state index is 0.0917. The van der Waals surface area contributed by atoms with Crippen molar-refractivity contribution in [1.29, 1.82) is 0 Å². The number of hydrogen-bond donors (Lipinski definition) is 1. The summed E-state index contributed by atoms with van der Waals surface area (Å²) in [6.45, 7) is 5.00. The van der Waals surface area contributed by atoms with Crippen molar-refractivity contribution >= 4 is 28.8 Å². The number of carbonyl (C=O) groups excluding carboxylic acids is 1. The Morgan fingerprint density at radius 2 is 2.03 bits per heavy atom. The average Bonchev–Trinajstić information content (AvgIpc) is 3.42. The number of para-hydroxylation sites is 1. The molecular weight excluding hydrogens is 406 g/mol. The summed E-state index contributed by atoms with van der Waals surface area (Å²) in [5.74, 6) is -0.0917. The molecule has 0 unspecified atom stereocenters. The number of rotatable bonds is 6. The molecule has 0 saturated carbocycles. The van der Waals surface area contributed by atoms with E-state index in [2.05, 4.69) is 15.5 Å². The number of hydrogen-bond acceptors (Lipinski definition) is 4. The lowest BCUT2D eigenvalue weighted by atomic mass is 10.2. The molecule has 8 heteroatoms. The second-order valence-corrected chi connectivity index (χ2v) is 8.10. The molecule has 1 amide bonds. The standard InChI is InChI=1S/C21H20ClN5OS/c1-14-19(15(2)27(25-14)18-6-4-3-5-7-18)10-23-21(28)20-8-16(13-29-20)11-26-12-17(22)9-24-26/h3-9,12-13H,10-11H2,1-2H3,(H,23,28). The number of carbonyl (C=O) groups is 1. The Balaban J connectivity index is 1.43. The summed E-state index contributed by atoms with van der Waals surface area (Å²) < 4.78 is 3.66. The molecule has 1 aromatic carbocycles. The zero-order chi connectivity index (χ0) is 20.4. The molecule has 29 heavy (non-hydrogen) atoms. The van der Waals surface area contributed by atoms with Crippen molar-refractivity contribution in [3.8, 4) is 5.69 Å². The molecule has 3 aromatic heterocycles. The maximum Gasteiger partial charge on any atom is 0.261 e. The van der Waals surface area contributed by atoms with Gasteiger partial charge in [-0.1, -0.05) is 29.8 Å². The molecule has 0 spiro atoms. The minimum Gasteiger partial charge on any atom is -0.347 e. The number of nitrogens with one attached hydrogen (secondary N) is 1. The second-order valence-electron chi connectivity index (χ2n) is 6.75. The number of aromatic nitrogens is 4. The highest BCUT2D eigenvalue weighted by molar-refractivity contribution is 7.12. The zero-order valence-corrected chi connectivity index (χ0v) is 17.7. The predicted octanol–water partition coefficient (Wildman–Crippen LogP) is 4.38. The van der Waals surface area contributed by atoms with E-state index in [-0.39, 0.29) is 5.91 Å². The molecule has 0 saturated heterocycles. The van der Waals surface area contributed by atoms with E-state index in [1.165, 1.54) is 11.3 Å². The van der Waals surface area contributed by atoms with Crippen molar-refractivity contribution in [3.63, 3.8) is 0 Å². The lowest BCUT2D eigenvalue weighted by Crippen LogP contribution is -2.22. The number of benzene rings is 1. The van der Waals surface area contributed by atoms with Crippen LogP contribution in [0.15, 0.2) is 54.2 Å². The summed E-state index contributed by atoms with van der Waals surface area (Å²) in [5, 5.41) is 14.4. The lowest BCUT2D eigenvalue weighted by Gasteiger charge is -2.06. The lowest BCUT2D eigenvalue weighted by molar-refractivity contribution is 0.0955. The summed E-state index contributed by atoms with van der Waals surface area (Å²) in [7, 11) is 0. The minimum atomic E-state index is -0.0917. The van der Waals surface area contributed by atoms with Crippen LogP contribution in [0.2, 0.25) is 5.02 Å². The molecule has 1 N–H and O–H groups in total. The van der Waals surface area contributed by atoms with Gasteiger partial charge in [0.05, 0.1) is 34.0 Å². The molecule has 148 valence electrons. The Bertz CT molecular complexity index is 1150. The summed E-state index contributed by atoms with van der Waals surface area (Å²) in [4.78, 5) is 13.3. The molecular formula is C21H20ClN5OS. The first-order valence-electron chi connectivity index (χ1n) is 9.15. The third-order valence-electron chi connectivity index (χ3n) is 4.69. The smallest absolute Gasteiger partial charge is 0.261 e. The molecule has 4 rings (SSSR count). The molecule has 0 atom stereocenters. The van der Waals surface area contributed by atoms with Crippen LogP contribution in [0.5, 0.6) is 0 Å². The molecule has 3 heterocycles. The summed E-state index contributed by atoms with van der Waals surface area (Å²) >= 11 is 7.32. The van der Waals surface area contributed by atoms with Crippen LogP contribution in [0.3, 0.4) is 0 Å². The van der Waals surface area contributed by atoms with Gasteiger partial charge in [0.2, 0.25) is 0 Å². The van der Waals surface area contributed by atoms with Gasteiger partial charge < -0.3 is 5.32 Å². The molecule has 0 bridgehead atoms. The highest BCUT2D eigenvalue weighted by Gasteiger charge is 2.15. The van der Waals surface area contributed by atoms with E-state index in [0.717, 1.165) is 28.2 Å². The highest BCUT2D eigenvalue weighted by atomic mass is 35.5. The Morgan fingerprint density at radius 3 is 2.76 bits per heavy atom. The zero-order valence-electron chi connectivity index (χ0n) is 16.1. The third-order valence-corrected chi connectivity index (χ3v) is 5.86. The van der Waals surface area contributed by atoms with Crippen LogP contribution in [0.1, 0.15) is 32.2 Å². The van der Waals surface area contributed by atoms with Gasteiger partial charge in [-0.25, -0.2) is 4.68 Å². The van der Waals surface area contributed by atoms with Crippen LogP contribution < -0.4 is 5.32 Å². The molecule has 6 nitrogen and oxygen atoms in total. The van der Waals surface area contributed by atoms with Gasteiger partial charge >= 0.3 is 0 Å². The van der Waals surface area contributed by atoms with Gasteiger partial charge in [0.1, 0.15) is 0 Å². The fourth-order valence-electron chi connectivity index (χ4n) is 3.20. The largest absolute Gasteiger partial charge is 0.347 e. The Labute approximate surface area is 177 Å². The van der Waals surface area contributed by atoms with Gasteiger partial charge in [0.15, 0.2) is 0 Å². The van der Waals surface area contributed by atoms with Gasteiger partial charge in [0.25, 0.3) is 5.91 Å². The van der Waals surface area contributed by atoms with Gasteiger partial charge in [-0.3, -0.25) is 9.48 Å². The van der Waals surface area contributed by atoms with E-state index in [9.17, 15) is 4.79 Å². The Kier molecular flexibility index (Phi) is 5.51. The number of aryl methyl sites for hydroxylation is 1. The van der Waals surface area contributed by atoms with Crippen LogP contribution in [-0.4, -0.2) is 25.5 Å². The van der Waals surface area contributed by atoms with E-state index in [1.807, 2.05) is 60.3 Å². The topological polar surface area (TPSA) is 64.7 Å². The van der Waals surface area contributed by atoms with Crippen molar-refractivity contribution in [1.82, 2.24) is 24.9 Å². The van der Waals surface area contributed by atoms with Crippen molar-refractivity contribution in [3.05, 3.63) is 86.6 Å². The number of thiophene rings is 1. The van der Waals surface area contributed by atoms with Crippen LogP contribution in [0.4, 0.5) is 0 Å². The van der Waals surface area contributed by atoms with Crippen molar-refractivity contribution in [2.45, 2.75) is 26.9 Å². The van der Waals surface area contributed by atoms with E-state index in [0.29, 0.717) is 23.0 Å². The second kappa shape index (κ2) is 8.23. The fraction of sp³-hybridized carbons (Fsp3) is 0.190. The number of halogens is 1.